The molecule has 0 bridgehead atoms. The smallest absolute Gasteiger partial charge is 0.428 e. The summed E-state index contributed by atoms with van der Waals surface area (Å²) < 4.78 is 7.02. The molecular weight excluding hydrogens is 384 g/mol. The molecule has 7 heteroatoms. The summed E-state index contributed by atoms with van der Waals surface area (Å²) in [5, 5.41) is 4.00. The van der Waals surface area contributed by atoms with Gasteiger partial charge < -0.3 is 4.74 Å². The van der Waals surface area contributed by atoms with Crippen molar-refractivity contribution in [1.29, 1.82) is 0 Å². The molecule has 1 amide bonds. The third-order valence-electron chi connectivity index (χ3n) is 1.70. The van der Waals surface area contributed by atoms with Crippen LogP contribution >= 0.6 is 43.2 Å². The molecule has 1 rings (SSSR count). The summed E-state index contributed by atoms with van der Waals surface area (Å²) in [6, 6.07) is 1.94. The van der Waals surface area contributed by atoms with Crippen molar-refractivity contribution in [2.75, 3.05) is 0 Å². The van der Waals surface area contributed by atoms with Crippen molar-refractivity contribution in [3.63, 3.8) is 0 Å². The second-order valence-corrected chi connectivity index (χ2v) is 7.82. The first-order chi connectivity index (χ1) is 8.19. The largest absolute Gasteiger partial charge is 0.443 e. The van der Waals surface area contributed by atoms with Gasteiger partial charge in [-0.15, -0.1) is 11.3 Å². The average Bonchev–Trinajstić information content (AvgIpc) is 2.52. The number of nitrogens with one attached hydrogen (secondary N) is 1. The Kier molecular flexibility index (Phi) is 5.36. The summed E-state index contributed by atoms with van der Waals surface area (Å²) in [5.74, 6) is 0. The number of carbonyl (C=O) groups excluding carboxylic acids is 1. The van der Waals surface area contributed by atoms with Crippen molar-refractivity contribution in [1.82, 2.24) is 5.43 Å². The van der Waals surface area contributed by atoms with Crippen LogP contribution < -0.4 is 5.43 Å². The van der Waals surface area contributed by atoms with E-state index in [1.165, 1.54) is 11.3 Å². The van der Waals surface area contributed by atoms with E-state index in [-0.39, 0.29) is 0 Å². The number of ether oxygens (including phenoxy) is 1. The lowest BCUT2D eigenvalue weighted by molar-refractivity contribution is 0.0529. The monoisotopic (exact) mass is 396 g/mol. The van der Waals surface area contributed by atoms with E-state index >= 15 is 0 Å². The number of rotatable bonds is 2. The number of carbonyl (C=O) groups is 1. The predicted molar refractivity (Wildman–Crippen MR) is 81.3 cm³/mol. The minimum absolute atomic E-state index is 0.528. The zero-order valence-corrected chi connectivity index (χ0v) is 14.5. The summed E-state index contributed by atoms with van der Waals surface area (Å²) in [6.45, 7) is 7.22. The van der Waals surface area contributed by atoms with Crippen molar-refractivity contribution in [2.24, 2.45) is 5.10 Å². The highest BCUT2D eigenvalue weighted by molar-refractivity contribution is 9.11. The standard InChI is InChI=1S/C11H14Br2N2O2S/c1-6(9-7(12)5-8(13)18-9)14-15-10(16)17-11(2,3)4/h5H,1-4H3,(H,15,16). The predicted octanol–water partition coefficient (Wildman–Crippen LogP) is 4.52. The average molecular weight is 398 g/mol. The molecule has 1 aromatic rings. The molecule has 0 saturated heterocycles. The second kappa shape index (κ2) is 6.16. The van der Waals surface area contributed by atoms with E-state index in [2.05, 4.69) is 42.4 Å². The van der Waals surface area contributed by atoms with Crippen LogP contribution in [0, 0.1) is 0 Å². The Bertz CT molecular complexity index is 478. The van der Waals surface area contributed by atoms with Gasteiger partial charge in [0.2, 0.25) is 0 Å². The third kappa shape index (κ3) is 5.07. The molecule has 0 spiro atoms. The van der Waals surface area contributed by atoms with E-state index in [9.17, 15) is 4.79 Å². The van der Waals surface area contributed by atoms with Gasteiger partial charge in [-0.05, 0) is 65.6 Å². The summed E-state index contributed by atoms with van der Waals surface area (Å²) in [6.07, 6.45) is -0.561. The van der Waals surface area contributed by atoms with Crippen molar-refractivity contribution >= 4 is 55.0 Å². The van der Waals surface area contributed by atoms with Gasteiger partial charge in [0.05, 0.1) is 14.4 Å². The maximum Gasteiger partial charge on any atom is 0.428 e. The van der Waals surface area contributed by atoms with E-state index in [1.807, 2.05) is 13.0 Å². The lowest BCUT2D eigenvalue weighted by Gasteiger charge is -2.18. The van der Waals surface area contributed by atoms with Crippen LogP contribution in [0.3, 0.4) is 0 Å². The van der Waals surface area contributed by atoms with Crippen molar-refractivity contribution in [3.8, 4) is 0 Å². The first-order valence-electron chi connectivity index (χ1n) is 5.17. The van der Waals surface area contributed by atoms with Gasteiger partial charge in [-0.2, -0.15) is 5.10 Å². The summed E-state index contributed by atoms with van der Waals surface area (Å²) in [5.41, 5.74) is 2.56. The first-order valence-corrected chi connectivity index (χ1v) is 7.58. The number of hydrogen-bond donors (Lipinski definition) is 1. The SMILES string of the molecule is CC(=NNC(=O)OC(C)(C)C)c1sc(Br)cc1Br. The molecule has 18 heavy (non-hydrogen) atoms. The molecule has 4 nitrogen and oxygen atoms in total. The van der Waals surface area contributed by atoms with Crippen LogP contribution in [-0.4, -0.2) is 17.4 Å². The lowest BCUT2D eigenvalue weighted by atomic mass is 10.2. The number of thiophene rings is 1. The summed E-state index contributed by atoms with van der Waals surface area (Å²) in [7, 11) is 0. The molecule has 100 valence electrons. The Balaban J connectivity index is 2.68. The molecule has 0 aliphatic heterocycles. The van der Waals surface area contributed by atoms with Gasteiger partial charge in [0, 0.05) is 4.47 Å². The maximum atomic E-state index is 11.4. The van der Waals surface area contributed by atoms with E-state index in [0.29, 0.717) is 5.71 Å². The number of amides is 1. The Labute approximate surface area is 127 Å². The zero-order chi connectivity index (χ0) is 13.9. The fourth-order valence-electron chi connectivity index (χ4n) is 1.07. The van der Waals surface area contributed by atoms with Gasteiger partial charge >= 0.3 is 6.09 Å². The van der Waals surface area contributed by atoms with E-state index in [0.717, 1.165) is 13.1 Å². The number of halogens is 2. The van der Waals surface area contributed by atoms with Crippen LogP contribution in [0.1, 0.15) is 32.6 Å². The molecule has 0 aliphatic carbocycles. The zero-order valence-electron chi connectivity index (χ0n) is 10.5. The third-order valence-corrected chi connectivity index (χ3v) is 4.33. The normalized spacial score (nSPS) is 12.4. The highest BCUT2D eigenvalue weighted by atomic mass is 79.9. The van der Waals surface area contributed by atoms with E-state index in [4.69, 9.17) is 4.74 Å². The Morgan fingerprint density at radius 1 is 1.44 bits per heavy atom. The molecule has 0 saturated carbocycles. The van der Waals surface area contributed by atoms with Crippen LogP contribution in [0.4, 0.5) is 4.79 Å². The van der Waals surface area contributed by atoms with Gasteiger partial charge in [-0.1, -0.05) is 0 Å². The van der Waals surface area contributed by atoms with Crippen LogP contribution in [-0.2, 0) is 4.74 Å². The summed E-state index contributed by atoms with van der Waals surface area (Å²) >= 11 is 8.36. The topological polar surface area (TPSA) is 50.7 Å². The fourth-order valence-corrected chi connectivity index (χ4v) is 3.72. The van der Waals surface area contributed by atoms with Crippen LogP contribution in [0.2, 0.25) is 0 Å². The van der Waals surface area contributed by atoms with Crippen LogP contribution in [0.15, 0.2) is 19.4 Å². The Morgan fingerprint density at radius 2 is 2.06 bits per heavy atom. The quantitative estimate of drug-likeness (QED) is 0.589. The molecule has 0 atom stereocenters. The number of hydrazone groups is 1. The highest BCUT2D eigenvalue weighted by Crippen LogP contribution is 2.31. The first kappa shape index (κ1) is 15.7. The number of nitrogens with zero attached hydrogens (tertiary/aromatic N) is 1. The summed E-state index contributed by atoms with van der Waals surface area (Å²) in [4.78, 5) is 12.4. The molecular formula is C11H14Br2N2O2S. The van der Waals surface area contributed by atoms with Gasteiger partial charge in [-0.3, -0.25) is 0 Å². The van der Waals surface area contributed by atoms with Gasteiger partial charge in [0.25, 0.3) is 0 Å². The van der Waals surface area contributed by atoms with Crippen molar-refractivity contribution < 1.29 is 9.53 Å². The Hall–Kier alpha value is -0.400. The highest BCUT2D eigenvalue weighted by Gasteiger charge is 2.16. The van der Waals surface area contributed by atoms with Gasteiger partial charge in [0.15, 0.2) is 0 Å². The van der Waals surface area contributed by atoms with Gasteiger partial charge in [0.1, 0.15) is 5.60 Å². The molecule has 1 aromatic heterocycles. The fraction of sp³-hybridized carbons (Fsp3) is 0.455. The molecule has 0 radical (unpaired) electrons. The van der Waals surface area contributed by atoms with Crippen molar-refractivity contribution in [3.05, 3.63) is 19.2 Å². The second-order valence-electron chi connectivity index (χ2n) is 4.54. The number of hydrogen-bond acceptors (Lipinski definition) is 4. The molecule has 0 aromatic carbocycles. The van der Waals surface area contributed by atoms with E-state index < -0.39 is 11.7 Å². The molecule has 0 fully saturated rings. The maximum absolute atomic E-state index is 11.4. The lowest BCUT2D eigenvalue weighted by Crippen LogP contribution is -2.30. The minimum Gasteiger partial charge on any atom is -0.443 e. The van der Waals surface area contributed by atoms with Crippen LogP contribution in [0.25, 0.3) is 0 Å². The molecule has 1 N–H and O–H groups in total. The minimum atomic E-state index is -0.561. The van der Waals surface area contributed by atoms with E-state index in [1.54, 1.807) is 20.8 Å². The molecule has 1 heterocycles. The Morgan fingerprint density at radius 3 is 2.50 bits per heavy atom. The molecule has 0 aliphatic rings. The van der Waals surface area contributed by atoms with Crippen molar-refractivity contribution in [2.45, 2.75) is 33.3 Å². The molecule has 0 unspecified atom stereocenters. The van der Waals surface area contributed by atoms with Gasteiger partial charge in [-0.25, -0.2) is 10.2 Å². The van der Waals surface area contributed by atoms with Crippen LogP contribution in [0.5, 0.6) is 0 Å².